The second-order valence-electron chi connectivity index (χ2n) is 6.29. The van der Waals surface area contributed by atoms with E-state index >= 15 is 0 Å². The number of aromatic nitrogens is 4. The summed E-state index contributed by atoms with van der Waals surface area (Å²) in [6.07, 6.45) is 0. The summed E-state index contributed by atoms with van der Waals surface area (Å²) < 4.78 is 59.5. The highest BCUT2D eigenvalue weighted by Crippen LogP contribution is 2.43. The van der Waals surface area contributed by atoms with Crippen LogP contribution in [0.15, 0.2) is 16.4 Å². The quantitative estimate of drug-likeness (QED) is 0.319. The number of nitrogens with one attached hydrogen (secondary N) is 2. The van der Waals surface area contributed by atoms with Crippen LogP contribution in [0.2, 0.25) is 0 Å². The molecular weight excluding hydrogens is 489 g/mol. The Morgan fingerprint density at radius 3 is 2.68 bits per heavy atom. The number of β-lactam (4-membered cyclic amide) rings is 1. The van der Waals surface area contributed by atoms with E-state index in [2.05, 4.69) is 20.6 Å². The smallest absolute Gasteiger partial charge is 0.477 e. The number of aromatic amines is 1. The van der Waals surface area contributed by atoms with Gasteiger partial charge in [0.1, 0.15) is 22.9 Å². The molecule has 1 saturated heterocycles. The van der Waals surface area contributed by atoms with Gasteiger partial charge in [-0.25, -0.2) is 13.2 Å². The predicted octanol–water partition coefficient (Wildman–Crippen LogP) is -0.647. The lowest BCUT2D eigenvalue weighted by Gasteiger charge is -2.50. The molecule has 170 valence electrons. The lowest BCUT2D eigenvalue weighted by atomic mass is 10.0. The average molecular weight is 502 g/mol. The Hall–Kier alpha value is -2.34. The molecule has 0 radical (unpaired) electrons. The highest BCUT2D eigenvalue weighted by molar-refractivity contribution is 8.01. The molecule has 12 nitrogen and oxygen atoms in total. The van der Waals surface area contributed by atoms with Gasteiger partial charge in [0.25, 0.3) is 15.7 Å². The fraction of sp³-hybridized carbons (Fsp3) is 0.538. The number of H-pyrrole nitrogens is 1. The number of hydrogen-bond donors (Lipinski definition) is 3. The molecular formula is C13H13F3N6O6S3. The summed E-state index contributed by atoms with van der Waals surface area (Å²) in [4.78, 5) is 37.0. The van der Waals surface area contributed by atoms with Gasteiger partial charge < -0.3 is 10.4 Å². The van der Waals surface area contributed by atoms with E-state index in [0.717, 1.165) is 28.4 Å². The van der Waals surface area contributed by atoms with Crippen molar-refractivity contribution in [3.05, 3.63) is 11.3 Å². The van der Waals surface area contributed by atoms with Crippen LogP contribution in [0.25, 0.3) is 0 Å². The molecule has 3 atom stereocenters. The van der Waals surface area contributed by atoms with Gasteiger partial charge in [0.05, 0.1) is 0 Å². The van der Waals surface area contributed by atoms with Gasteiger partial charge in [-0.05, 0) is 17.7 Å². The van der Waals surface area contributed by atoms with Crippen molar-refractivity contribution in [2.75, 3.05) is 11.5 Å². The molecule has 0 bridgehead atoms. The predicted molar refractivity (Wildman–Crippen MR) is 99.0 cm³/mol. The van der Waals surface area contributed by atoms with Crippen molar-refractivity contribution < 1.29 is 41.1 Å². The van der Waals surface area contributed by atoms with Gasteiger partial charge >= 0.3 is 11.5 Å². The molecule has 2 aliphatic rings. The summed E-state index contributed by atoms with van der Waals surface area (Å²) >= 11 is 2.18. The Labute approximate surface area is 180 Å². The third-order valence-corrected chi connectivity index (χ3v) is 7.96. The molecule has 0 spiro atoms. The Bertz CT molecular complexity index is 1040. The highest BCUT2D eigenvalue weighted by Gasteiger charge is 2.55. The van der Waals surface area contributed by atoms with Crippen molar-refractivity contribution in [3.63, 3.8) is 0 Å². The molecule has 2 amide bonds. The number of hydrogen-bond acceptors (Lipinski definition) is 10. The van der Waals surface area contributed by atoms with Crippen molar-refractivity contribution in [2.24, 2.45) is 0 Å². The van der Waals surface area contributed by atoms with Gasteiger partial charge in [-0.1, -0.05) is 11.8 Å². The molecule has 0 saturated carbocycles. The maximum Gasteiger partial charge on any atom is 0.497 e. The molecule has 1 aromatic heterocycles. The Morgan fingerprint density at radius 1 is 1.45 bits per heavy atom. The molecule has 1 fully saturated rings. The number of alkyl halides is 3. The number of fused-ring (bicyclic) bond motifs is 1. The molecule has 18 heteroatoms. The number of carbonyl (C=O) groups is 3. The van der Waals surface area contributed by atoms with Crippen molar-refractivity contribution in [1.29, 1.82) is 0 Å². The number of carbonyl (C=O) groups excluding carboxylic acids is 2. The van der Waals surface area contributed by atoms with Crippen LogP contribution in [0.1, 0.15) is 6.92 Å². The third-order valence-electron chi connectivity index (χ3n) is 4.29. The third kappa shape index (κ3) is 4.49. The number of halogens is 3. The van der Waals surface area contributed by atoms with Crippen LogP contribution in [0.4, 0.5) is 13.2 Å². The van der Waals surface area contributed by atoms with E-state index in [1.807, 2.05) is 5.32 Å². The van der Waals surface area contributed by atoms with Crippen molar-refractivity contribution in [3.8, 4) is 0 Å². The van der Waals surface area contributed by atoms with E-state index < -0.39 is 55.5 Å². The summed E-state index contributed by atoms with van der Waals surface area (Å²) in [6, 6.07) is -1.35. The minimum Gasteiger partial charge on any atom is -0.477 e. The normalized spacial score (nSPS) is 22.6. The summed E-state index contributed by atoms with van der Waals surface area (Å²) in [5, 5.41) is 23.6. The molecule has 2 aliphatic heterocycles. The lowest BCUT2D eigenvalue weighted by Crippen LogP contribution is -2.71. The first-order valence-electron chi connectivity index (χ1n) is 8.23. The monoisotopic (exact) mass is 502 g/mol. The summed E-state index contributed by atoms with van der Waals surface area (Å²) in [5.41, 5.74) is -5.55. The zero-order valence-electron chi connectivity index (χ0n) is 15.3. The average Bonchev–Trinajstić information content (AvgIpc) is 3.16. The Balaban J connectivity index is 1.75. The number of thioether (sulfide) groups is 2. The van der Waals surface area contributed by atoms with Crippen molar-refractivity contribution in [1.82, 2.24) is 30.8 Å². The minimum atomic E-state index is -5.71. The van der Waals surface area contributed by atoms with Crippen LogP contribution in [-0.4, -0.2) is 90.5 Å². The van der Waals surface area contributed by atoms with Crippen LogP contribution in [0, 0.1) is 0 Å². The first-order chi connectivity index (χ1) is 14.3. The fourth-order valence-corrected chi connectivity index (χ4v) is 5.86. The largest absolute Gasteiger partial charge is 0.497 e. The number of nitrogens with zero attached hydrogens (tertiary/aromatic N) is 4. The zero-order chi connectivity index (χ0) is 23.1. The lowest BCUT2D eigenvalue weighted by molar-refractivity contribution is -0.150. The van der Waals surface area contributed by atoms with Gasteiger partial charge in [0, 0.05) is 11.0 Å². The van der Waals surface area contributed by atoms with Gasteiger partial charge in [0.15, 0.2) is 0 Å². The highest BCUT2D eigenvalue weighted by atomic mass is 32.2. The van der Waals surface area contributed by atoms with Gasteiger partial charge in [0.2, 0.25) is 11.1 Å². The van der Waals surface area contributed by atoms with Crippen molar-refractivity contribution in [2.45, 2.75) is 34.3 Å². The minimum absolute atomic E-state index is 0.134. The first kappa shape index (κ1) is 23.3. The Morgan fingerprint density at radius 2 is 2.13 bits per heavy atom. The number of tetrazole rings is 1. The van der Waals surface area contributed by atoms with E-state index in [0.29, 0.717) is 5.57 Å². The van der Waals surface area contributed by atoms with Crippen molar-refractivity contribution >= 4 is 51.1 Å². The van der Waals surface area contributed by atoms with Crippen LogP contribution in [0.5, 0.6) is 0 Å². The SMILES string of the molecule is CC(Sc1nn[nH]n1)C1=C(C(=O)O)N2C(=O)C(NC(=O)CS(=O)(=O)C(F)(F)F)[C@@H]2SC1. The Kier molecular flexibility index (Phi) is 6.25. The number of sulfone groups is 1. The molecule has 0 aliphatic carbocycles. The summed E-state index contributed by atoms with van der Waals surface area (Å²) in [5.74, 6) is -5.53. The molecule has 3 rings (SSSR count). The second kappa shape index (κ2) is 8.30. The zero-order valence-corrected chi connectivity index (χ0v) is 17.7. The molecule has 31 heavy (non-hydrogen) atoms. The number of amides is 2. The molecule has 3 heterocycles. The topological polar surface area (TPSA) is 175 Å². The summed E-state index contributed by atoms with van der Waals surface area (Å²) in [6.45, 7) is 1.67. The van der Waals surface area contributed by atoms with E-state index in [9.17, 15) is 41.1 Å². The standard InChI is InChI=1S/C13H13F3N6O6S3/c1-4(30-12-18-20-21-19-12)5-2-29-10-7(9(24)22(10)8(5)11(25)26)17-6(23)3-31(27,28)13(14,15)16/h4,7,10H,2-3H2,1H3,(H,17,23)(H,25,26)(H,18,19,20,21)/t4?,7?,10-/m0/s1. The number of carboxylic acid groups (broad SMARTS) is 1. The van der Waals surface area contributed by atoms with Gasteiger partial charge in [-0.3, -0.25) is 14.5 Å². The first-order valence-corrected chi connectivity index (χ1v) is 11.8. The number of aliphatic carboxylic acids is 1. The number of carboxylic acids is 1. The van der Waals surface area contributed by atoms with Crippen LogP contribution in [0.3, 0.4) is 0 Å². The molecule has 0 aromatic carbocycles. The number of rotatable bonds is 7. The van der Waals surface area contributed by atoms with E-state index in [-0.39, 0.29) is 16.6 Å². The van der Waals surface area contributed by atoms with E-state index in [1.54, 1.807) is 6.92 Å². The van der Waals surface area contributed by atoms with Crippen LogP contribution >= 0.6 is 23.5 Å². The van der Waals surface area contributed by atoms with E-state index in [1.165, 1.54) is 0 Å². The van der Waals surface area contributed by atoms with Gasteiger partial charge in [-0.15, -0.1) is 22.0 Å². The second-order valence-corrected chi connectivity index (χ2v) is 10.7. The molecule has 1 aromatic rings. The fourth-order valence-electron chi connectivity index (χ4n) is 2.86. The van der Waals surface area contributed by atoms with Crippen LogP contribution < -0.4 is 5.32 Å². The maximum absolute atomic E-state index is 12.5. The molecule has 3 N–H and O–H groups in total. The van der Waals surface area contributed by atoms with E-state index in [4.69, 9.17) is 0 Å². The summed E-state index contributed by atoms with van der Waals surface area (Å²) in [7, 11) is -5.71. The van der Waals surface area contributed by atoms with Gasteiger partial charge in [-0.2, -0.15) is 18.4 Å². The molecule has 2 unspecified atom stereocenters. The van der Waals surface area contributed by atoms with Crippen LogP contribution in [-0.2, 0) is 24.2 Å². The maximum atomic E-state index is 12.5.